The fraction of sp³-hybridized carbons (Fsp3) is 0. The number of nitrogens with two attached hydrogens (primary N) is 1. The standard InChI is InChI=1S/C3H5BN2/c5-6-3-1-2-4-6/h1-3H,5H2. The van der Waals surface area contributed by atoms with Crippen molar-refractivity contribution in [2.75, 3.05) is 5.84 Å². The average Bonchev–Trinajstić information content (AvgIpc) is 1.86. The fourth-order valence-electron chi connectivity index (χ4n) is 0.348. The van der Waals surface area contributed by atoms with Gasteiger partial charge in [0.25, 0.3) is 0 Å². The summed E-state index contributed by atoms with van der Waals surface area (Å²) < 4.78 is 1.50. The first-order valence-corrected chi connectivity index (χ1v) is 1.77. The van der Waals surface area contributed by atoms with E-state index < -0.39 is 0 Å². The van der Waals surface area contributed by atoms with Crippen LogP contribution in [0.15, 0.2) is 18.2 Å². The molecule has 1 rings (SSSR count). The summed E-state index contributed by atoms with van der Waals surface area (Å²) >= 11 is 0. The monoisotopic (exact) mass is 80.1 g/mol. The first-order chi connectivity index (χ1) is 2.89. The Labute approximate surface area is 36.8 Å². The van der Waals surface area contributed by atoms with E-state index >= 15 is 0 Å². The van der Waals surface area contributed by atoms with Crippen LogP contribution < -0.4 is 5.84 Å². The molecule has 3 heteroatoms. The van der Waals surface area contributed by atoms with Crippen molar-refractivity contribution >= 4 is 7.05 Å². The van der Waals surface area contributed by atoms with E-state index in [9.17, 15) is 0 Å². The molecule has 1 aromatic rings. The third-order valence-corrected chi connectivity index (χ3v) is 0.628. The van der Waals surface area contributed by atoms with Crippen LogP contribution in [0, 0.1) is 0 Å². The van der Waals surface area contributed by atoms with E-state index in [-0.39, 0.29) is 0 Å². The number of hydrogen-bond donors (Lipinski definition) is 1. The van der Waals surface area contributed by atoms with Gasteiger partial charge in [-0.1, -0.05) is 0 Å². The van der Waals surface area contributed by atoms with Crippen LogP contribution in [0.5, 0.6) is 0 Å². The molecular weight excluding hydrogens is 74.9 g/mol. The Kier molecular flexibility index (Phi) is 0.672. The van der Waals surface area contributed by atoms with Crippen molar-refractivity contribution in [2.24, 2.45) is 0 Å². The molecule has 0 radical (unpaired) electrons. The average molecular weight is 79.9 g/mol. The Morgan fingerprint density at radius 1 is 1.67 bits per heavy atom. The third-order valence-electron chi connectivity index (χ3n) is 0.628. The molecule has 0 atom stereocenters. The Bertz CT molecular complexity index is 112. The predicted molar refractivity (Wildman–Crippen MR) is 25.9 cm³/mol. The Balaban J connectivity index is 3.05. The van der Waals surface area contributed by atoms with Crippen molar-refractivity contribution in [1.29, 1.82) is 0 Å². The third kappa shape index (κ3) is 0.430. The predicted octanol–water partition coefficient (Wildman–Crippen LogP) is -0.460. The van der Waals surface area contributed by atoms with Gasteiger partial charge in [-0.25, -0.2) is 0 Å². The molecule has 0 amide bonds. The first-order valence-electron chi connectivity index (χ1n) is 1.77. The topological polar surface area (TPSA) is 30.9 Å². The summed E-state index contributed by atoms with van der Waals surface area (Å²) in [6.45, 7) is 0. The van der Waals surface area contributed by atoms with Gasteiger partial charge in [-0.15, -0.1) is 0 Å². The van der Waals surface area contributed by atoms with Gasteiger partial charge in [-0.2, -0.15) is 0 Å². The quantitative estimate of drug-likeness (QED) is 0.420. The zero-order valence-corrected chi connectivity index (χ0v) is 3.33. The van der Waals surface area contributed by atoms with Crippen molar-refractivity contribution in [2.45, 2.75) is 0 Å². The van der Waals surface area contributed by atoms with E-state index in [1.54, 1.807) is 13.2 Å². The molecule has 2 nitrogen and oxygen atoms in total. The second kappa shape index (κ2) is 1.16. The molecule has 0 aromatic carbocycles. The van der Waals surface area contributed by atoms with E-state index in [0.717, 1.165) is 0 Å². The van der Waals surface area contributed by atoms with Crippen molar-refractivity contribution in [3.63, 3.8) is 0 Å². The molecule has 0 aliphatic heterocycles. The van der Waals surface area contributed by atoms with E-state index in [4.69, 9.17) is 5.84 Å². The molecule has 6 heavy (non-hydrogen) atoms. The summed E-state index contributed by atoms with van der Waals surface area (Å²) in [6, 6.07) is 1.88. The van der Waals surface area contributed by atoms with E-state index in [0.29, 0.717) is 0 Å². The normalized spacial score (nSPS) is 8.00. The summed E-state index contributed by atoms with van der Waals surface area (Å²) in [5.41, 5.74) is 0. The summed E-state index contributed by atoms with van der Waals surface area (Å²) in [4.78, 5) is 0. The van der Waals surface area contributed by atoms with Crippen LogP contribution in [0.4, 0.5) is 0 Å². The summed E-state index contributed by atoms with van der Waals surface area (Å²) in [5, 5.41) is 0. The van der Waals surface area contributed by atoms with Gasteiger partial charge in [0.15, 0.2) is 0 Å². The molecule has 0 unspecified atom stereocenters. The van der Waals surface area contributed by atoms with Crippen molar-refractivity contribution in [3.05, 3.63) is 18.2 Å². The second-order valence-electron chi connectivity index (χ2n) is 1.13. The van der Waals surface area contributed by atoms with Crippen LogP contribution in [-0.4, -0.2) is 11.6 Å². The second-order valence-corrected chi connectivity index (χ2v) is 1.13. The molecule has 1 heterocycles. The van der Waals surface area contributed by atoms with Crippen LogP contribution in [0.3, 0.4) is 0 Å². The molecule has 0 saturated heterocycles. The zero-order chi connectivity index (χ0) is 4.41. The summed E-state index contributed by atoms with van der Waals surface area (Å²) in [7, 11) is 1.78. The Morgan fingerprint density at radius 3 is 2.67 bits per heavy atom. The SMILES string of the molecule is Nn1bccc1. The van der Waals surface area contributed by atoms with E-state index in [2.05, 4.69) is 0 Å². The van der Waals surface area contributed by atoms with E-state index in [1.165, 1.54) is 4.58 Å². The Morgan fingerprint density at radius 2 is 2.50 bits per heavy atom. The number of hydrogen-bond acceptors (Lipinski definition) is 1. The van der Waals surface area contributed by atoms with Gasteiger partial charge in [0, 0.05) is 0 Å². The molecule has 0 spiro atoms. The molecule has 2 N–H and O–H groups in total. The van der Waals surface area contributed by atoms with Gasteiger partial charge >= 0.3 is 35.7 Å². The van der Waals surface area contributed by atoms with E-state index in [1.807, 2.05) is 12.0 Å². The number of rotatable bonds is 0. The Hall–Kier alpha value is -0.725. The zero-order valence-electron chi connectivity index (χ0n) is 3.33. The van der Waals surface area contributed by atoms with Crippen LogP contribution in [-0.2, 0) is 0 Å². The molecule has 0 aliphatic carbocycles. The van der Waals surface area contributed by atoms with Crippen molar-refractivity contribution in [3.8, 4) is 0 Å². The van der Waals surface area contributed by atoms with Gasteiger partial charge < -0.3 is 0 Å². The van der Waals surface area contributed by atoms with Gasteiger partial charge in [0.2, 0.25) is 0 Å². The van der Waals surface area contributed by atoms with Crippen molar-refractivity contribution < 1.29 is 0 Å². The van der Waals surface area contributed by atoms with Crippen molar-refractivity contribution in [1.82, 2.24) is 4.58 Å². The number of nitrogen functional groups attached to an aromatic ring is 1. The number of nitrogens with zero attached hydrogens (tertiary/aromatic N) is 1. The van der Waals surface area contributed by atoms with Crippen LogP contribution >= 0.6 is 0 Å². The van der Waals surface area contributed by atoms with Crippen LogP contribution in [0.25, 0.3) is 0 Å². The van der Waals surface area contributed by atoms with Gasteiger partial charge in [0.1, 0.15) is 0 Å². The van der Waals surface area contributed by atoms with Crippen LogP contribution in [0.2, 0.25) is 0 Å². The maximum atomic E-state index is 5.19. The van der Waals surface area contributed by atoms with Gasteiger partial charge in [-0.3, -0.25) is 0 Å². The summed E-state index contributed by atoms with van der Waals surface area (Å²) in [5.74, 6) is 7.07. The molecule has 0 saturated carbocycles. The maximum absolute atomic E-state index is 5.19. The first kappa shape index (κ1) is 3.46. The van der Waals surface area contributed by atoms with Crippen LogP contribution in [0.1, 0.15) is 0 Å². The summed E-state index contributed by atoms with van der Waals surface area (Å²) in [6.07, 6.45) is 1.78. The molecule has 1 aromatic heterocycles. The molecule has 0 bridgehead atoms. The fourth-order valence-corrected chi connectivity index (χ4v) is 0.348. The van der Waals surface area contributed by atoms with Gasteiger partial charge in [0.05, 0.1) is 0 Å². The minimum atomic E-state index is 1.50. The van der Waals surface area contributed by atoms with Gasteiger partial charge in [-0.05, 0) is 0 Å². The molecular formula is C3H5BN2. The molecule has 30 valence electrons. The molecule has 0 aliphatic rings. The minimum absolute atomic E-state index is 1.50. The number of aromatic nitrogens is 1. The molecule has 0 fully saturated rings.